The first-order valence-electron chi connectivity index (χ1n) is 5.81. The summed E-state index contributed by atoms with van der Waals surface area (Å²) in [6.07, 6.45) is 0. The average Bonchev–Trinajstić information content (AvgIpc) is 2.27. The molecule has 1 N–H and O–H groups in total. The minimum absolute atomic E-state index is 0.645. The summed E-state index contributed by atoms with van der Waals surface area (Å²) in [5.74, 6) is 0. The standard InChI is InChI=1S/C15H15Cl2N/c1-10-6-11(2)8-12(7-10)9-18-15-13(16)4-3-5-14(15)17/h3-8,18H,9H2,1-2H3. The third-order valence-corrected chi connectivity index (χ3v) is 3.34. The third-order valence-electron chi connectivity index (χ3n) is 2.71. The highest BCUT2D eigenvalue weighted by atomic mass is 35.5. The Morgan fingerprint density at radius 1 is 0.944 bits per heavy atom. The maximum absolute atomic E-state index is 6.11. The van der Waals surface area contributed by atoms with Gasteiger partial charge in [0, 0.05) is 6.54 Å². The fraction of sp³-hybridized carbons (Fsp3) is 0.200. The molecule has 3 heteroatoms. The zero-order chi connectivity index (χ0) is 13.1. The molecule has 0 heterocycles. The molecular formula is C15H15Cl2N. The summed E-state index contributed by atoms with van der Waals surface area (Å²) in [4.78, 5) is 0. The highest BCUT2D eigenvalue weighted by Crippen LogP contribution is 2.30. The predicted octanol–water partition coefficient (Wildman–Crippen LogP) is 5.22. The van der Waals surface area contributed by atoms with Crippen molar-refractivity contribution in [3.63, 3.8) is 0 Å². The molecular weight excluding hydrogens is 265 g/mol. The largest absolute Gasteiger partial charge is 0.379 e. The van der Waals surface area contributed by atoms with E-state index in [1.54, 1.807) is 0 Å². The molecule has 0 aliphatic heterocycles. The van der Waals surface area contributed by atoms with Crippen molar-refractivity contribution >= 4 is 28.9 Å². The molecule has 0 aromatic heterocycles. The van der Waals surface area contributed by atoms with Crippen molar-refractivity contribution in [2.75, 3.05) is 5.32 Å². The molecule has 0 fully saturated rings. The molecule has 0 saturated heterocycles. The second-order valence-electron chi connectivity index (χ2n) is 4.45. The number of aryl methyl sites for hydroxylation is 2. The first kappa shape index (κ1) is 13.3. The van der Waals surface area contributed by atoms with Crippen molar-refractivity contribution in [1.29, 1.82) is 0 Å². The predicted molar refractivity (Wildman–Crippen MR) is 79.7 cm³/mol. The quantitative estimate of drug-likeness (QED) is 0.812. The molecule has 0 atom stereocenters. The lowest BCUT2D eigenvalue weighted by molar-refractivity contribution is 1.13. The molecule has 94 valence electrons. The van der Waals surface area contributed by atoms with Gasteiger partial charge in [-0.25, -0.2) is 0 Å². The Labute approximate surface area is 118 Å². The van der Waals surface area contributed by atoms with E-state index in [-0.39, 0.29) is 0 Å². The van der Waals surface area contributed by atoms with Crippen LogP contribution in [-0.2, 0) is 6.54 Å². The van der Waals surface area contributed by atoms with Crippen molar-refractivity contribution in [2.24, 2.45) is 0 Å². The number of hydrogen-bond acceptors (Lipinski definition) is 1. The lowest BCUT2D eigenvalue weighted by Crippen LogP contribution is -2.01. The van der Waals surface area contributed by atoms with E-state index >= 15 is 0 Å². The van der Waals surface area contributed by atoms with Crippen LogP contribution in [0.15, 0.2) is 36.4 Å². The Morgan fingerprint density at radius 2 is 1.50 bits per heavy atom. The van der Waals surface area contributed by atoms with Gasteiger partial charge >= 0.3 is 0 Å². The normalized spacial score (nSPS) is 10.4. The molecule has 18 heavy (non-hydrogen) atoms. The Bertz CT molecular complexity index is 524. The summed E-state index contributed by atoms with van der Waals surface area (Å²) in [7, 11) is 0. The maximum Gasteiger partial charge on any atom is 0.0721 e. The topological polar surface area (TPSA) is 12.0 Å². The van der Waals surface area contributed by atoms with Crippen molar-refractivity contribution in [1.82, 2.24) is 0 Å². The van der Waals surface area contributed by atoms with Gasteiger partial charge in [-0.15, -0.1) is 0 Å². The summed E-state index contributed by atoms with van der Waals surface area (Å²) in [5.41, 5.74) is 4.54. The molecule has 2 aromatic carbocycles. The fourth-order valence-electron chi connectivity index (χ4n) is 2.03. The van der Waals surface area contributed by atoms with Crippen molar-refractivity contribution < 1.29 is 0 Å². The van der Waals surface area contributed by atoms with E-state index in [2.05, 4.69) is 37.4 Å². The number of hydrogen-bond donors (Lipinski definition) is 1. The van der Waals surface area contributed by atoms with Crippen LogP contribution >= 0.6 is 23.2 Å². The number of benzene rings is 2. The van der Waals surface area contributed by atoms with Crippen LogP contribution in [0.2, 0.25) is 10.0 Å². The summed E-state index contributed by atoms with van der Waals surface area (Å²) in [6.45, 7) is 4.91. The van der Waals surface area contributed by atoms with E-state index < -0.39 is 0 Å². The molecule has 1 nitrogen and oxygen atoms in total. The van der Waals surface area contributed by atoms with Gasteiger partial charge in [0.15, 0.2) is 0 Å². The van der Waals surface area contributed by atoms with Crippen molar-refractivity contribution in [3.05, 3.63) is 63.1 Å². The highest BCUT2D eigenvalue weighted by molar-refractivity contribution is 6.39. The molecule has 0 radical (unpaired) electrons. The van der Waals surface area contributed by atoms with Gasteiger partial charge < -0.3 is 5.32 Å². The van der Waals surface area contributed by atoms with Gasteiger partial charge in [0.05, 0.1) is 15.7 Å². The van der Waals surface area contributed by atoms with E-state index in [4.69, 9.17) is 23.2 Å². The Balaban J connectivity index is 2.16. The van der Waals surface area contributed by atoms with Crippen LogP contribution in [0.3, 0.4) is 0 Å². The van der Waals surface area contributed by atoms with E-state index in [0.29, 0.717) is 16.6 Å². The monoisotopic (exact) mass is 279 g/mol. The second kappa shape index (κ2) is 5.64. The van der Waals surface area contributed by atoms with Crippen molar-refractivity contribution in [2.45, 2.75) is 20.4 Å². The summed E-state index contributed by atoms with van der Waals surface area (Å²) >= 11 is 12.2. The van der Waals surface area contributed by atoms with Gasteiger partial charge in [0.2, 0.25) is 0 Å². The zero-order valence-corrected chi connectivity index (χ0v) is 11.9. The highest BCUT2D eigenvalue weighted by Gasteiger charge is 2.04. The number of halogens is 2. The van der Waals surface area contributed by atoms with Gasteiger partial charge in [-0.1, -0.05) is 58.6 Å². The van der Waals surface area contributed by atoms with Crippen molar-refractivity contribution in [3.8, 4) is 0 Å². The van der Waals surface area contributed by atoms with E-state index in [0.717, 1.165) is 5.69 Å². The van der Waals surface area contributed by atoms with Crippen LogP contribution < -0.4 is 5.32 Å². The van der Waals surface area contributed by atoms with Gasteiger partial charge in [-0.05, 0) is 31.5 Å². The fourth-order valence-corrected chi connectivity index (χ4v) is 2.56. The lowest BCUT2D eigenvalue weighted by Gasteiger charge is -2.11. The molecule has 0 aliphatic carbocycles. The molecule has 0 saturated carbocycles. The maximum atomic E-state index is 6.11. The molecule has 0 aliphatic rings. The van der Waals surface area contributed by atoms with Gasteiger partial charge in [0.1, 0.15) is 0 Å². The van der Waals surface area contributed by atoms with Gasteiger partial charge in [0.25, 0.3) is 0 Å². The first-order valence-corrected chi connectivity index (χ1v) is 6.57. The lowest BCUT2D eigenvalue weighted by atomic mass is 10.1. The van der Waals surface area contributed by atoms with Crippen LogP contribution in [-0.4, -0.2) is 0 Å². The zero-order valence-electron chi connectivity index (χ0n) is 10.4. The number of rotatable bonds is 3. The van der Waals surface area contributed by atoms with E-state index in [1.165, 1.54) is 16.7 Å². The Hall–Kier alpha value is -1.18. The van der Waals surface area contributed by atoms with E-state index in [9.17, 15) is 0 Å². The third kappa shape index (κ3) is 3.18. The van der Waals surface area contributed by atoms with Crippen LogP contribution in [0.5, 0.6) is 0 Å². The Kier molecular flexibility index (Phi) is 4.15. The average molecular weight is 280 g/mol. The minimum atomic E-state index is 0.645. The number of para-hydroxylation sites is 1. The van der Waals surface area contributed by atoms with Crippen LogP contribution in [0.25, 0.3) is 0 Å². The van der Waals surface area contributed by atoms with Gasteiger partial charge in [-0.2, -0.15) is 0 Å². The minimum Gasteiger partial charge on any atom is -0.379 e. The van der Waals surface area contributed by atoms with E-state index in [1.807, 2.05) is 18.2 Å². The molecule has 0 unspecified atom stereocenters. The van der Waals surface area contributed by atoms with Crippen LogP contribution in [0.4, 0.5) is 5.69 Å². The van der Waals surface area contributed by atoms with Gasteiger partial charge in [-0.3, -0.25) is 0 Å². The number of nitrogens with one attached hydrogen (secondary N) is 1. The SMILES string of the molecule is Cc1cc(C)cc(CNc2c(Cl)cccc2Cl)c1. The number of anilines is 1. The summed E-state index contributed by atoms with van der Waals surface area (Å²) in [5, 5.41) is 4.58. The summed E-state index contributed by atoms with van der Waals surface area (Å²) in [6, 6.07) is 12.0. The Morgan fingerprint density at radius 3 is 2.06 bits per heavy atom. The van der Waals surface area contributed by atoms with Crippen LogP contribution in [0.1, 0.15) is 16.7 Å². The van der Waals surface area contributed by atoms with Crippen LogP contribution in [0, 0.1) is 13.8 Å². The first-order chi connectivity index (χ1) is 8.56. The smallest absolute Gasteiger partial charge is 0.0721 e. The molecule has 2 aromatic rings. The molecule has 0 amide bonds. The summed E-state index contributed by atoms with van der Waals surface area (Å²) < 4.78 is 0. The second-order valence-corrected chi connectivity index (χ2v) is 5.26. The molecule has 0 spiro atoms. The molecule has 2 rings (SSSR count). The molecule has 0 bridgehead atoms.